The van der Waals surface area contributed by atoms with Gasteiger partial charge in [0.1, 0.15) is 10.2 Å². The zero-order valence-electron chi connectivity index (χ0n) is 20.6. The quantitative estimate of drug-likeness (QED) is 0.203. The van der Waals surface area contributed by atoms with Gasteiger partial charge in [-0.25, -0.2) is 0 Å². The first-order valence-corrected chi connectivity index (χ1v) is 14.1. The zero-order valence-corrected chi connectivity index (χ0v) is 23.0. The van der Waals surface area contributed by atoms with E-state index in [1.165, 1.54) is 98.7 Å². The highest BCUT2D eigenvalue weighted by molar-refractivity contribution is 9.10. The number of alkyl halides is 1. The number of rotatable bonds is 13. The van der Waals surface area contributed by atoms with E-state index in [2.05, 4.69) is 43.6 Å². The van der Waals surface area contributed by atoms with E-state index < -0.39 is 16.8 Å². The van der Waals surface area contributed by atoms with Crippen LogP contribution >= 0.6 is 27.7 Å². The van der Waals surface area contributed by atoms with E-state index in [-0.39, 0.29) is 16.1 Å². The van der Waals surface area contributed by atoms with Gasteiger partial charge < -0.3 is 19.3 Å². The Labute approximate surface area is 203 Å². The Bertz CT molecular complexity index is 536. The lowest BCUT2D eigenvalue weighted by molar-refractivity contribution is -0.929. The van der Waals surface area contributed by atoms with E-state index in [0.717, 1.165) is 0 Å². The molecule has 1 amide bonds. The van der Waals surface area contributed by atoms with Crippen LogP contribution in [0.25, 0.3) is 0 Å². The Balaban J connectivity index is 0.000000314. The fraction of sp³-hybridized carbons (Fsp3) is 0.917. The third-order valence-corrected chi connectivity index (χ3v) is 9.36. The normalized spacial score (nSPS) is 24.3. The standard InChI is InChI=1S/C16H36N.C8H10BrNO3S/c1-5-9-13-17(14-10-6-2,15-11-7-3)16-12-8-4;1-8(2)4(7(12)13)10-5(11)3(9)6(10)14-8/h5-16H2,1-4H3;3-4,6H,1-2H3,(H,12,13)/q+1;/p-1/t;3-,4-,6+/m.0/s1. The number of thioether (sulfide) groups is 1. The monoisotopic (exact) mass is 520 g/mol. The molecule has 2 fully saturated rings. The van der Waals surface area contributed by atoms with Crippen LogP contribution < -0.4 is 5.11 Å². The summed E-state index contributed by atoms with van der Waals surface area (Å²) in [6.07, 6.45) is 11.1. The van der Waals surface area contributed by atoms with Crippen LogP contribution in [0, 0.1) is 0 Å². The number of carbonyl (C=O) groups excluding carboxylic acids is 2. The highest BCUT2D eigenvalue weighted by Crippen LogP contribution is 2.52. The topological polar surface area (TPSA) is 60.4 Å². The van der Waals surface area contributed by atoms with Crippen molar-refractivity contribution in [1.82, 2.24) is 4.90 Å². The summed E-state index contributed by atoms with van der Waals surface area (Å²) in [6, 6.07) is -0.807. The smallest absolute Gasteiger partial charge is 0.240 e. The number of halogens is 1. The fourth-order valence-corrected chi connectivity index (χ4v) is 6.94. The fourth-order valence-electron chi connectivity index (χ4n) is 4.59. The minimum Gasteiger partial charge on any atom is -0.548 e. The number of β-lactam (4-membered cyclic amide) rings is 1. The van der Waals surface area contributed by atoms with Crippen LogP contribution in [0.4, 0.5) is 0 Å². The highest BCUT2D eigenvalue weighted by atomic mass is 79.9. The molecule has 0 aliphatic carbocycles. The van der Waals surface area contributed by atoms with Crippen molar-refractivity contribution < 1.29 is 19.2 Å². The van der Waals surface area contributed by atoms with Crippen molar-refractivity contribution in [3.63, 3.8) is 0 Å². The second-order valence-corrected chi connectivity index (χ2v) is 12.4. The van der Waals surface area contributed by atoms with Crippen molar-refractivity contribution in [2.45, 2.75) is 114 Å². The molecule has 5 nitrogen and oxygen atoms in total. The maximum absolute atomic E-state index is 11.4. The SMILES string of the molecule is CC1(C)S[C@@H]2[C@@H](Br)C(=O)N2[C@H]1C(=O)[O-].CCCC[N+](CCCC)(CCCC)CCCC. The van der Waals surface area contributed by atoms with Crippen LogP contribution in [0.2, 0.25) is 0 Å². The first-order valence-electron chi connectivity index (χ1n) is 12.3. The van der Waals surface area contributed by atoms with Gasteiger partial charge in [-0.15, -0.1) is 11.8 Å². The molecule has 0 spiro atoms. The number of unbranched alkanes of at least 4 members (excludes halogenated alkanes) is 4. The average Bonchev–Trinajstić information content (AvgIpc) is 3.01. The molecule has 31 heavy (non-hydrogen) atoms. The van der Waals surface area contributed by atoms with Gasteiger partial charge in [0, 0.05) is 4.75 Å². The molecular weight excluding hydrogens is 476 g/mol. The number of fused-ring (bicyclic) bond motifs is 1. The first-order chi connectivity index (χ1) is 14.6. The molecule has 3 atom stereocenters. The van der Waals surface area contributed by atoms with Crippen LogP contribution in [-0.2, 0) is 9.59 Å². The number of aliphatic carboxylic acids is 1. The lowest BCUT2D eigenvalue weighted by atomic mass is 9.98. The molecule has 0 radical (unpaired) electrons. The number of quaternary nitrogens is 1. The highest BCUT2D eigenvalue weighted by Gasteiger charge is 2.60. The number of nitrogens with zero attached hydrogens (tertiary/aromatic N) is 2. The van der Waals surface area contributed by atoms with Crippen molar-refractivity contribution in [2.75, 3.05) is 26.2 Å². The molecule has 0 aromatic heterocycles. The van der Waals surface area contributed by atoms with E-state index in [0.29, 0.717) is 0 Å². The van der Waals surface area contributed by atoms with E-state index in [4.69, 9.17) is 0 Å². The van der Waals surface area contributed by atoms with Gasteiger partial charge in [-0.3, -0.25) is 4.79 Å². The Morgan fingerprint density at radius 2 is 1.35 bits per heavy atom. The Kier molecular flexibility index (Phi) is 12.5. The molecule has 0 N–H and O–H groups in total. The summed E-state index contributed by atoms with van der Waals surface area (Å²) >= 11 is 4.74. The molecule has 7 heteroatoms. The van der Waals surface area contributed by atoms with Gasteiger partial charge >= 0.3 is 0 Å². The minimum absolute atomic E-state index is 0.0552. The predicted octanol–water partition coefficient (Wildman–Crippen LogP) is 4.57. The summed E-state index contributed by atoms with van der Waals surface area (Å²) in [4.78, 5) is 23.5. The average molecular weight is 522 g/mol. The summed E-state index contributed by atoms with van der Waals surface area (Å²) in [5.74, 6) is -1.32. The molecule has 2 aliphatic heterocycles. The number of amides is 1. The van der Waals surface area contributed by atoms with Crippen molar-refractivity contribution >= 4 is 39.6 Å². The molecule has 0 bridgehead atoms. The van der Waals surface area contributed by atoms with E-state index in [1.807, 2.05) is 13.8 Å². The third-order valence-electron chi connectivity index (χ3n) is 6.54. The van der Waals surface area contributed by atoms with Crippen molar-refractivity contribution in [2.24, 2.45) is 0 Å². The molecule has 0 aromatic rings. The third kappa shape index (κ3) is 7.63. The second-order valence-electron chi connectivity index (χ2n) is 9.63. The van der Waals surface area contributed by atoms with Crippen molar-refractivity contribution in [3.05, 3.63) is 0 Å². The van der Waals surface area contributed by atoms with Crippen LogP contribution in [0.5, 0.6) is 0 Å². The maximum Gasteiger partial charge on any atom is 0.240 e. The van der Waals surface area contributed by atoms with Crippen molar-refractivity contribution in [1.29, 1.82) is 0 Å². The Hall–Kier alpha value is -0.270. The predicted molar refractivity (Wildman–Crippen MR) is 133 cm³/mol. The summed E-state index contributed by atoms with van der Waals surface area (Å²) in [5, 5.41) is 10.9. The first kappa shape index (κ1) is 28.8. The zero-order chi connectivity index (χ0) is 23.7. The van der Waals surface area contributed by atoms with Gasteiger partial charge in [0.25, 0.3) is 0 Å². The van der Waals surface area contributed by atoms with E-state index >= 15 is 0 Å². The van der Waals surface area contributed by atoms with Gasteiger partial charge in [-0.1, -0.05) is 69.3 Å². The molecule has 0 unspecified atom stereocenters. The lowest BCUT2D eigenvalue weighted by Crippen LogP contribution is -2.65. The number of hydrogen-bond donors (Lipinski definition) is 0. The van der Waals surface area contributed by atoms with Crippen LogP contribution in [0.15, 0.2) is 0 Å². The molecule has 2 aliphatic rings. The van der Waals surface area contributed by atoms with Crippen LogP contribution in [0.3, 0.4) is 0 Å². The van der Waals surface area contributed by atoms with E-state index in [9.17, 15) is 14.7 Å². The van der Waals surface area contributed by atoms with Gasteiger partial charge in [0.2, 0.25) is 5.91 Å². The molecule has 182 valence electrons. The van der Waals surface area contributed by atoms with Gasteiger partial charge in [0.05, 0.1) is 38.2 Å². The Morgan fingerprint density at radius 1 is 0.968 bits per heavy atom. The second kappa shape index (κ2) is 13.4. The number of carboxylic acids is 1. The summed E-state index contributed by atoms with van der Waals surface area (Å²) in [5.41, 5.74) is 0. The summed E-state index contributed by atoms with van der Waals surface area (Å²) in [7, 11) is 0. The number of carbonyl (C=O) groups is 2. The lowest BCUT2D eigenvalue weighted by Gasteiger charge is -2.42. The molecule has 0 aromatic carbocycles. The number of carboxylic acid groups (broad SMARTS) is 1. The van der Waals surface area contributed by atoms with Crippen LogP contribution in [0.1, 0.15) is 92.9 Å². The van der Waals surface area contributed by atoms with Crippen LogP contribution in [-0.4, -0.2) is 68.4 Å². The molecule has 2 saturated heterocycles. The summed E-state index contributed by atoms with van der Waals surface area (Å²) < 4.78 is 0.949. The molecule has 0 saturated carbocycles. The molecule has 2 heterocycles. The summed E-state index contributed by atoms with van der Waals surface area (Å²) in [6.45, 7) is 18.7. The van der Waals surface area contributed by atoms with Gasteiger partial charge in [0.15, 0.2) is 0 Å². The maximum atomic E-state index is 11.4. The van der Waals surface area contributed by atoms with Gasteiger partial charge in [-0.2, -0.15) is 0 Å². The Morgan fingerprint density at radius 3 is 1.68 bits per heavy atom. The number of hydrogen-bond acceptors (Lipinski definition) is 4. The largest absolute Gasteiger partial charge is 0.548 e. The molecule has 2 rings (SSSR count). The molecular formula is C24H45BrN2O3S. The van der Waals surface area contributed by atoms with Crippen molar-refractivity contribution in [3.8, 4) is 0 Å². The van der Waals surface area contributed by atoms with E-state index in [1.54, 1.807) is 0 Å². The minimum atomic E-state index is -1.17. The van der Waals surface area contributed by atoms with Gasteiger partial charge in [-0.05, 0) is 39.5 Å².